The number of hydrogen-bond donors (Lipinski definition) is 2. The number of ether oxygens (including phenoxy) is 2. The lowest BCUT2D eigenvalue weighted by atomic mass is 10.1. The molecule has 2 aromatic rings. The molecule has 0 fully saturated rings. The molecule has 1 unspecified atom stereocenters. The van der Waals surface area contributed by atoms with Gasteiger partial charge in [-0.05, 0) is 35.4 Å². The second-order valence-corrected chi connectivity index (χ2v) is 5.90. The Morgan fingerprint density at radius 3 is 2.20 bits per heavy atom. The summed E-state index contributed by atoms with van der Waals surface area (Å²) < 4.78 is 10.4. The molecule has 0 aromatic heterocycles. The molecule has 0 amide bonds. The molecule has 2 aromatic carbocycles. The first-order valence-electron chi connectivity index (χ1n) is 8.21. The number of nitrogens with one attached hydrogen (secondary N) is 1. The minimum absolute atomic E-state index is 0.156. The van der Waals surface area contributed by atoms with Crippen LogP contribution in [0.25, 0.3) is 0 Å². The molecule has 6 nitrogen and oxygen atoms in total. The minimum Gasteiger partial charge on any atom is -0.497 e. The molecule has 3 rings (SSSR count). The Balaban J connectivity index is 1.83. The Morgan fingerprint density at radius 2 is 1.64 bits per heavy atom. The fourth-order valence-electron chi connectivity index (χ4n) is 2.94. The Kier molecular flexibility index (Phi) is 5.53. The van der Waals surface area contributed by atoms with Crippen LogP contribution in [-0.4, -0.2) is 36.7 Å². The predicted octanol–water partition coefficient (Wildman–Crippen LogP) is 2.99. The van der Waals surface area contributed by atoms with Crippen LogP contribution >= 0.6 is 0 Å². The largest absolute Gasteiger partial charge is 0.497 e. The van der Waals surface area contributed by atoms with Crippen molar-refractivity contribution in [2.24, 2.45) is 4.99 Å². The van der Waals surface area contributed by atoms with Gasteiger partial charge in [0.15, 0.2) is 0 Å². The van der Waals surface area contributed by atoms with E-state index in [1.807, 2.05) is 36.4 Å². The number of rotatable bonds is 5. The number of hydrogen-bond acceptors (Lipinski definition) is 6. The van der Waals surface area contributed by atoms with E-state index in [1.54, 1.807) is 14.2 Å². The summed E-state index contributed by atoms with van der Waals surface area (Å²) in [5.74, 6) is 2.26. The van der Waals surface area contributed by atoms with Crippen molar-refractivity contribution in [1.29, 1.82) is 0 Å². The van der Waals surface area contributed by atoms with Gasteiger partial charge in [0.25, 0.3) is 0 Å². The van der Waals surface area contributed by atoms with Gasteiger partial charge in [0, 0.05) is 19.5 Å². The highest BCUT2D eigenvalue weighted by Crippen LogP contribution is 2.29. The summed E-state index contributed by atoms with van der Waals surface area (Å²) in [7, 11) is 3.31. The van der Waals surface area contributed by atoms with Gasteiger partial charge in [-0.25, -0.2) is 4.99 Å². The second kappa shape index (κ2) is 8.00. The van der Waals surface area contributed by atoms with Gasteiger partial charge in [-0.1, -0.05) is 24.3 Å². The van der Waals surface area contributed by atoms with Crippen LogP contribution in [0.1, 0.15) is 23.7 Å². The number of aliphatic imine (C=N–C) groups is 1. The fraction of sp³-hybridized carbons (Fsp3) is 0.316. The molecule has 1 heterocycles. The Hall–Kier alpha value is -2.57. The van der Waals surface area contributed by atoms with E-state index in [1.165, 1.54) is 5.56 Å². The van der Waals surface area contributed by atoms with Crippen LogP contribution in [0.4, 0.5) is 0 Å². The van der Waals surface area contributed by atoms with E-state index in [2.05, 4.69) is 27.5 Å². The molecule has 0 aliphatic carbocycles. The maximum absolute atomic E-state index is 9.24. The van der Waals surface area contributed by atoms with E-state index < -0.39 is 0 Å². The highest BCUT2D eigenvalue weighted by atomic mass is 16.5. The van der Waals surface area contributed by atoms with Gasteiger partial charge < -0.3 is 9.47 Å². The molecule has 1 atom stereocenters. The topological polar surface area (TPSA) is 66.3 Å². The van der Waals surface area contributed by atoms with Gasteiger partial charge >= 0.3 is 0 Å². The van der Waals surface area contributed by atoms with E-state index in [4.69, 9.17) is 9.47 Å². The van der Waals surface area contributed by atoms with Gasteiger partial charge in [0.2, 0.25) is 0 Å². The molecule has 2 N–H and O–H groups in total. The molecule has 0 radical (unpaired) electrons. The Labute approximate surface area is 147 Å². The average molecular weight is 341 g/mol. The van der Waals surface area contributed by atoms with Crippen LogP contribution in [0.2, 0.25) is 0 Å². The molecule has 0 saturated heterocycles. The molecule has 0 spiro atoms. The van der Waals surface area contributed by atoms with Crippen molar-refractivity contribution >= 4 is 5.84 Å². The first kappa shape index (κ1) is 17.3. The summed E-state index contributed by atoms with van der Waals surface area (Å²) in [6, 6.07) is 15.9. The minimum atomic E-state index is -0.156. The highest BCUT2D eigenvalue weighted by molar-refractivity contribution is 5.82. The normalized spacial score (nSPS) is 17.7. The zero-order valence-electron chi connectivity index (χ0n) is 14.5. The van der Waals surface area contributed by atoms with E-state index in [0.29, 0.717) is 12.3 Å². The maximum Gasteiger partial charge on any atom is 0.130 e. The summed E-state index contributed by atoms with van der Waals surface area (Å²) in [4.78, 5) is 6.94. The van der Waals surface area contributed by atoms with Gasteiger partial charge in [-0.3, -0.25) is 15.6 Å². The average Bonchev–Trinajstić information content (AvgIpc) is 2.69. The summed E-state index contributed by atoms with van der Waals surface area (Å²) >= 11 is 0. The zero-order chi connectivity index (χ0) is 17.6. The van der Waals surface area contributed by atoms with Crippen LogP contribution in [0.3, 0.4) is 0 Å². The first-order chi connectivity index (χ1) is 12.2. The lowest BCUT2D eigenvalue weighted by Crippen LogP contribution is -2.37. The third-order valence-electron chi connectivity index (χ3n) is 4.35. The third kappa shape index (κ3) is 4.10. The second-order valence-electron chi connectivity index (χ2n) is 5.90. The van der Waals surface area contributed by atoms with Crippen LogP contribution < -0.4 is 15.0 Å². The molecule has 0 saturated carbocycles. The Bertz CT molecular complexity index is 714. The summed E-state index contributed by atoms with van der Waals surface area (Å²) in [6.07, 6.45) is 0.524. The van der Waals surface area contributed by atoms with E-state index >= 15 is 0 Å². The number of nitrogens with zero attached hydrogens (tertiary/aromatic N) is 2. The molecule has 0 bridgehead atoms. The quantitative estimate of drug-likeness (QED) is 0.819. The van der Waals surface area contributed by atoms with Gasteiger partial charge in [0.1, 0.15) is 23.5 Å². The van der Waals surface area contributed by atoms with Gasteiger partial charge in [-0.2, -0.15) is 0 Å². The molecular formula is C19H23N3O3. The Morgan fingerprint density at radius 1 is 1.04 bits per heavy atom. The van der Waals surface area contributed by atoms with Crippen LogP contribution in [0.15, 0.2) is 53.5 Å². The number of benzene rings is 2. The van der Waals surface area contributed by atoms with Crippen molar-refractivity contribution in [3.8, 4) is 11.5 Å². The summed E-state index contributed by atoms with van der Waals surface area (Å²) in [5, 5.41) is 9.24. The van der Waals surface area contributed by atoms with Crippen molar-refractivity contribution in [3.63, 3.8) is 0 Å². The molecule has 6 heteroatoms. The molecule has 132 valence electrons. The van der Waals surface area contributed by atoms with Crippen molar-refractivity contribution in [2.45, 2.75) is 19.1 Å². The highest BCUT2D eigenvalue weighted by Gasteiger charge is 2.25. The van der Waals surface area contributed by atoms with Crippen LogP contribution in [0.5, 0.6) is 11.5 Å². The molecule has 1 aliphatic rings. The lowest BCUT2D eigenvalue weighted by molar-refractivity contribution is 0.171. The summed E-state index contributed by atoms with van der Waals surface area (Å²) in [6.45, 7) is 1.57. The maximum atomic E-state index is 9.24. The monoisotopic (exact) mass is 341 g/mol. The molecular weight excluding hydrogens is 318 g/mol. The smallest absolute Gasteiger partial charge is 0.130 e. The molecule has 25 heavy (non-hydrogen) atoms. The van der Waals surface area contributed by atoms with Crippen molar-refractivity contribution < 1.29 is 14.7 Å². The van der Waals surface area contributed by atoms with Crippen LogP contribution in [0, 0.1) is 0 Å². The van der Waals surface area contributed by atoms with Crippen LogP contribution in [-0.2, 0) is 6.54 Å². The standard InChI is InChI=1S/C19H23N3O3/c1-24-16-7-3-14(4-8-16)13-22-12-11-18(21-23)20-19(22)15-5-9-17(25-2)10-6-15/h3-10,19,23H,11-13H2,1-2H3,(H,20,21). The number of amidine groups is 1. The SMILES string of the molecule is COc1ccc(CN2CCC(NO)=NC2c2ccc(OC)cc2)cc1. The van der Waals surface area contributed by atoms with E-state index in [9.17, 15) is 5.21 Å². The van der Waals surface area contributed by atoms with Crippen molar-refractivity contribution in [3.05, 3.63) is 59.7 Å². The fourth-order valence-corrected chi connectivity index (χ4v) is 2.94. The van der Waals surface area contributed by atoms with E-state index in [0.717, 1.165) is 30.2 Å². The lowest BCUT2D eigenvalue weighted by Gasteiger charge is -2.33. The van der Waals surface area contributed by atoms with Crippen molar-refractivity contribution in [2.75, 3.05) is 20.8 Å². The summed E-state index contributed by atoms with van der Waals surface area (Å²) in [5.41, 5.74) is 4.45. The number of hydroxylamine groups is 1. The van der Waals surface area contributed by atoms with Gasteiger partial charge in [-0.15, -0.1) is 0 Å². The van der Waals surface area contributed by atoms with Gasteiger partial charge in [0.05, 0.1) is 14.2 Å². The zero-order valence-corrected chi connectivity index (χ0v) is 14.5. The first-order valence-corrected chi connectivity index (χ1v) is 8.21. The van der Waals surface area contributed by atoms with Crippen molar-refractivity contribution in [1.82, 2.24) is 10.4 Å². The predicted molar refractivity (Wildman–Crippen MR) is 96.1 cm³/mol. The molecule has 1 aliphatic heterocycles. The third-order valence-corrected chi connectivity index (χ3v) is 4.35. The van der Waals surface area contributed by atoms with E-state index in [-0.39, 0.29) is 6.17 Å². The number of methoxy groups -OCH3 is 2.